The molecule has 1 amide bonds. The highest BCUT2D eigenvalue weighted by Crippen LogP contribution is 2.32. The van der Waals surface area contributed by atoms with E-state index in [1.807, 2.05) is 0 Å². The largest absolute Gasteiger partial charge is 0.355 e. The molecule has 0 spiro atoms. The lowest BCUT2D eigenvalue weighted by Crippen LogP contribution is -2.38. The molecule has 0 aromatic carbocycles. The molecule has 0 saturated heterocycles. The molecule has 11 heavy (non-hydrogen) atoms. The third kappa shape index (κ3) is 2.37. The van der Waals surface area contributed by atoms with Gasteiger partial charge in [-0.15, -0.1) is 11.6 Å². The van der Waals surface area contributed by atoms with E-state index >= 15 is 0 Å². The van der Waals surface area contributed by atoms with Gasteiger partial charge in [-0.2, -0.15) is 0 Å². The number of carbonyl (C=O) groups excluding carboxylic acids is 1. The fourth-order valence-corrected chi connectivity index (χ4v) is 1.53. The summed E-state index contributed by atoms with van der Waals surface area (Å²) < 4.78 is 0. The van der Waals surface area contributed by atoms with Crippen molar-refractivity contribution in [3.05, 3.63) is 0 Å². The molecule has 1 rings (SSSR count). The average Bonchev–Trinajstić information content (AvgIpc) is 1.94. The number of nitrogens with one attached hydrogen (secondary N) is 1. The van der Waals surface area contributed by atoms with Crippen LogP contribution in [0.5, 0.6) is 0 Å². The fraction of sp³-hybridized carbons (Fsp3) is 0.875. The van der Waals surface area contributed by atoms with Crippen molar-refractivity contribution in [3.8, 4) is 0 Å². The molecule has 0 unspecified atom stereocenters. The molecule has 0 heterocycles. The summed E-state index contributed by atoms with van der Waals surface area (Å²) in [6.45, 7) is 2.77. The minimum atomic E-state index is 0.184. The normalized spacial score (nSPS) is 29.3. The van der Waals surface area contributed by atoms with Crippen LogP contribution in [0, 0.1) is 11.8 Å². The molecule has 2 nitrogen and oxygen atoms in total. The van der Waals surface area contributed by atoms with Gasteiger partial charge in [-0.25, -0.2) is 0 Å². The summed E-state index contributed by atoms with van der Waals surface area (Å²) in [6.07, 6.45) is 2.10. The molecular formula is C8H14ClNO. The zero-order chi connectivity index (χ0) is 8.27. The van der Waals surface area contributed by atoms with Crippen LogP contribution in [-0.4, -0.2) is 18.3 Å². The summed E-state index contributed by atoms with van der Waals surface area (Å²) in [6, 6.07) is 0. The highest BCUT2D eigenvalue weighted by atomic mass is 35.5. The Kier molecular flexibility index (Phi) is 3.18. The molecular weight excluding hydrogens is 162 g/mol. The predicted octanol–water partition coefficient (Wildman–Crippen LogP) is 1.39. The summed E-state index contributed by atoms with van der Waals surface area (Å²) in [5, 5.41) is 2.78. The Labute approximate surface area is 72.3 Å². The van der Waals surface area contributed by atoms with Crippen molar-refractivity contribution in [1.29, 1.82) is 0 Å². The lowest BCUT2D eigenvalue weighted by molar-refractivity contribution is -0.128. The first-order valence-electron chi connectivity index (χ1n) is 4.07. The first-order valence-corrected chi connectivity index (χ1v) is 4.61. The van der Waals surface area contributed by atoms with E-state index in [0.717, 1.165) is 18.8 Å². The molecule has 1 saturated carbocycles. The van der Waals surface area contributed by atoms with Crippen LogP contribution in [0.3, 0.4) is 0 Å². The van der Waals surface area contributed by atoms with Gasteiger partial charge in [0.05, 0.1) is 0 Å². The fourth-order valence-electron chi connectivity index (χ4n) is 1.43. The number of alkyl halides is 1. The third-order valence-electron chi connectivity index (χ3n) is 2.14. The van der Waals surface area contributed by atoms with E-state index in [0.29, 0.717) is 12.4 Å². The topological polar surface area (TPSA) is 29.1 Å². The maximum Gasteiger partial charge on any atom is 0.223 e. The smallest absolute Gasteiger partial charge is 0.223 e. The molecule has 64 valence electrons. The number of carbonyl (C=O) groups is 1. The summed E-state index contributed by atoms with van der Waals surface area (Å²) in [5.74, 6) is 1.70. The molecule has 1 aliphatic rings. The van der Waals surface area contributed by atoms with E-state index in [2.05, 4.69) is 12.2 Å². The van der Waals surface area contributed by atoms with Gasteiger partial charge in [-0.1, -0.05) is 6.92 Å². The van der Waals surface area contributed by atoms with Crippen LogP contribution in [0.4, 0.5) is 0 Å². The average molecular weight is 176 g/mol. The predicted molar refractivity (Wildman–Crippen MR) is 45.6 cm³/mol. The lowest BCUT2D eigenvalue weighted by atomic mass is 9.76. The first-order chi connectivity index (χ1) is 5.24. The molecule has 0 bridgehead atoms. The minimum absolute atomic E-state index is 0.184. The van der Waals surface area contributed by atoms with Crippen molar-refractivity contribution >= 4 is 17.5 Å². The molecule has 1 N–H and O–H groups in total. The second-order valence-electron chi connectivity index (χ2n) is 3.25. The van der Waals surface area contributed by atoms with Crippen LogP contribution >= 0.6 is 11.6 Å². The minimum Gasteiger partial charge on any atom is -0.355 e. The Morgan fingerprint density at radius 3 is 2.73 bits per heavy atom. The zero-order valence-electron chi connectivity index (χ0n) is 6.77. The monoisotopic (exact) mass is 175 g/mol. The van der Waals surface area contributed by atoms with Gasteiger partial charge < -0.3 is 5.32 Å². The molecule has 1 aliphatic carbocycles. The standard InChI is InChI=1S/C8H14ClNO/c1-6-4-7(5-6)8(11)10-3-2-9/h6-7H,2-5H2,1H3,(H,10,11). The van der Waals surface area contributed by atoms with Crippen LogP contribution in [0.25, 0.3) is 0 Å². The number of hydrogen-bond donors (Lipinski definition) is 1. The van der Waals surface area contributed by atoms with E-state index in [1.165, 1.54) is 0 Å². The molecule has 0 aliphatic heterocycles. The van der Waals surface area contributed by atoms with Crippen LogP contribution in [0.15, 0.2) is 0 Å². The summed E-state index contributed by atoms with van der Waals surface area (Å²) in [7, 11) is 0. The quantitative estimate of drug-likeness (QED) is 0.646. The highest BCUT2D eigenvalue weighted by molar-refractivity contribution is 6.18. The van der Waals surface area contributed by atoms with Gasteiger partial charge in [0.2, 0.25) is 5.91 Å². The molecule has 0 aromatic rings. The van der Waals surface area contributed by atoms with Crippen LogP contribution < -0.4 is 5.32 Å². The Hall–Kier alpha value is -0.240. The molecule has 3 heteroatoms. The zero-order valence-corrected chi connectivity index (χ0v) is 7.53. The van der Waals surface area contributed by atoms with Gasteiger partial charge in [0.1, 0.15) is 0 Å². The number of rotatable bonds is 3. The van der Waals surface area contributed by atoms with Crippen molar-refractivity contribution in [2.24, 2.45) is 11.8 Å². The Bertz CT molecular complexity index is 143. The molecule has 0 atom stereocenters. The van der Waals surface area contributed by atoms with Gasteiger partial charge in [0.15, 0.2) is 0 Å². The van der Waals surface area contributed by atoms with E-state index < -0.39 is 0 Å². The van der Waals surface area contributed by atoms with E-state index in [-0.39, 0.29) is 11.8 Å². The van der Waals surface area contributed by atoms with E-state index in [9.17, 15) is 4.79 Å². The van der Waals surface area contributed by atoms with E-state index in [4.69, 9.17) is 11.6 Å². The van der Waals surface area contributed by atoms with E-state index in [1.54, 1.807) is 0 Å². The Morgan fingerprint density at radius 1 is 1.64 bits per heavy atom. The van der Waals surface area contributed by atoms with Crippen molar-refractivity contribution in [1.82, 2.24) is 5.32 Å². The number of amides is 1. The molecule has 1 fully saturated rings. The summed E-state index contributed by atoms with van der Waals surface area (Å²) in [4.78, 5) is 11.2. The second kappa shape index (κ2) is 3.96. The second-order valence-corrected chi connectivity index (χ2v) is 3.63. The van der Waals surface area contributed by atoms with Crippen LogP contribution in [0.1, 0.15) is 19.8 Å². The maximum absolute atomic E-state index is 11.2. The van der Waals surface area contributed by atoms with Crippen molar-refractivity contribution < 1.29 is 4.79 Å². The van der Waals surface area contributed by atoms with Gasteiger partial charge in [-0.05, 0) is 18.8 Å². The highest BCUT2D eigenvalue weighted by Gasteiger charge is 2.30. The summed E-state index contributed by atoms with van der Waals surface area (Å²) >= 11 is 5.43. The Morgan fingerprint density at radius 2 is 2.27 bits per heavy atom. The Balaban J connectivity index is 2.11. The van der Waals surface area contributed by atoms with Crippen molar-refractivity contribution in [3.63, 3.8) is 0 Å². The first kappa shape index (κ1) is 8.85. The van der Waals surface area contributed by atoms with Gasteiger partial charge in [-0.3, -0.25) is 4.79 Å². The van der Waals surface area contributed by atoms with Crippen molar-refractivity contribution in [2.75, 3.05) is 12.4 Å². The number of hydrogen-bond acceptors (Lipinski definition) is 1. The maximum atomic E-state index is 11.2. The SMILES string of the molecule is CC1CC(C(=O)NCCCl)C1. The van der Waals surface area contributed by atoms with Gasteiger partial charge in [0.25, 0.3) is 0 Å². The van der Waals surface area contributed by atoms with Crippen LogP contribution in [0.2, 0.25) is 0 Å². The van der Waals surface area contributed by atoms with Crippen molar-refractivity contribution in [2.45, 2.75) is 19.8 Å². The summed E-state index contributed by atoms with van der Waals surface area (Å²) in [5.41, 5.74) is 0. The lowest BCUT2D eigenvalue weighted by Gasteiger charge is -2.31. The molecule has 0 aromatic heterocycles. The number of halogens is 1. The van der Waals surface area contributed by atoms with Gasteiger partial charge in [0, 0.05) is 18.3 Å². The molecule has 0 radical (unpaired) electrons. The third-order valence-corrected chi connectivity index (χ3v) is 2.33. The van der Waals surface area contributed by atoms with Gasteiger partial charge >= 0.3 is 0 Å². The van der Waals surface area contributed by atoms with Crippen LogP contribution in [-0.2, 0) is 4.79 Å².